The van der Waals surface area contributed by atoms with Crippen molar-refractivity contribution in [1.82, 2.24) is 4.90 Å². The van der Waals surface area contributed by atoms with Gasteiger partial charge in [-0.3, -0.25) is 10.1 Å². The highest BCUT2D eigenvalue weighted by Crippen LogP contribution is 2.62. The third-order valence-electron chi connectivity index (χ3n) is 13.0. The van der Waals surface area contributed by atoms with Crippen molar-refractivity contribution in [3.05, 3.63) is 102 Å². The lowest BCUT2D eigenvalue weighted by Crippen LogP contribution is -2.70. The summed E-state index contributed by atoms with van der Waals surface area (Å²) < 4.78 is 37.1. The van der Waals surface area contributed by atoms with E-state index in [-0.39, 0.29) is 94.5 Å². The maximum absolute atomic E-state index is 14.6. The lowest BCUT2D eigenvalue weighted by atomic mass is 9.55. The molecule has 3 aromatic carbocycles. The molecule has 4 aliphatic rings. The summed E-state index contributed by atoms with van der Waals surface area (Å²) in [5.41, 5.74) is 3.70. The van der Waals surface area contributed by atoms with E-state index < -0.39 is 23.8 Å². The molecule has 3 aromatic rings. The highest BCUT2D eigenvalue weighted by Gasteiger charge is 2.66. The van der Waals surface area contributed by atoms with E-state index in [0.29, 0.717) is 41.5 Å². The van der Waals surface area contributed by atoms with Crippen LogP contribution in [0.25, 0.3) is 0 Å². The van der Waals surface area contributed by atoms with Crippen LogP contribution in [0.3, 0.4) is 0 Å². The normalized spacial score (nSPS) is 23.4. The van der Waals surface area contributed by atoms with E-state index >= 15 is 0 Å². The molecule has 7 rings (SSSR count). The average molecular weight is 912 g/mol. The molecule has 2 saturated carbocycles. The van der Waals surface area contributed by atoms with Crippen molar-refractivity contribution >= 4 is 23.4 Å². The summed E-state index contributed by atoms with van der Waals surface area (Å²) in [5, 5.41) is 37.2. The molecule has 2 fully saturated rings. The summed E-state index contributed by atoms with van der Waals surface area (Å²) in [6, 6.07) is 19.5. The molecule has 6 unspecified atom stereocenters. The Morgan fingerprint density at radius 1 is 0.924 bits per heavy atom. The fourth-order valence-electron chi connectivity index (χ4n) is 9.93. The minimum atomic E-state index is -1.46. The molecule has 1 heterocycles. The van der Waals surface area contributed by atoms with Crippen LogP contribution in [0.4, 0.5) is 10.5 Å². The molecule has 3 aliphatic carbocycles. The predicted octanol–water partition coefficient (Wildman–Crippen LogP) is 7.40. The second-order valence-corrected chi connectivity index (χ2v) is 17.3. The molecule has 66 heavy (non-hydrogen) atoms. The Bertz CT molecular complexity index is 2160. The lowest BCUT2D eigenvalue weighted by Gasteiger charge is -2.60. The van der Waals surface area contributed by atoms with E-state index in [2.05, 4.69) is 18.0 Å². The first-order valence-electron chi connectivity index (χ1n) is 23.2. The van der Waals surface area contributed by atoms with Crippen molar-refractivity contribution in [3.8, 4) is 23.0 Å². The van der Waals surface area contributed by atoms with Crippen LogP contribution in [0, 0.1) is 23.7 Å². The molecule has 4 N–H and O–H groups in total. The van der Waals surface area contributed by atoms with Crippen molar-refractivity contribution < 1.29 is 58.2 Å². The van der Waals surface area contributed by atoms with Gasteiger partial charge in [0.25, 0.3) is 0 Å². The maximum atomic E-state index is 14.6. The Morgan fingerprint density at radius 2 is 1.70 bits per heavy atom. The molecule has 2 amide bonds. The van der Waals surface area contributed by atoms with Crippen LogP contribution < -0.4 is 24.3 Å². The smallest absolute Gasteiger partial charge is 0.417 e. The first kappa shape index (κ1) is 48.5. The Kier molecular flexibility index (Phi) is 17.1. The van der Waals surface area contributed by atoms with Crippen LogP contribution in [-0.4, -0.2) is 110 Å². The number of carbonyl (C=O) groups excluding carboxylic acids is 2. The van der Waals surface area contributed by atoms with Crippen molar-refractivity contribution in [2.75, 3.05) is 65.7 Å². The number of methoxy groups -OCH3 is 2. The van der Waals surface area contributed by atoms with E-state index in [1.54, 1.807) is 43.5 Å². The zero-order chi connectivity index (χ0) is 46.5. The largest absolute Gasteiger partial charge is 0.497 e. The third-order valence-corrected chi connectivity index (χ3v) is 13.0. The highest BCUT2D eigenvalue weighted by atomic mass is 16.7. The van der Waals surface area contributed by atoms with Crippen LogP contribution in [-0.2, 0) is 25.7 Å². The summed E-state index contributed by atoms with van der Waals surface area (Å²) in [6.45, 7) is 4.84. The van der Waals surface area contributed by atoms with Gasteiger partial charge >= 0.3 is 6.09 Å². The Morgan fingerprint density at radius 3 is 2.41 bits per heavy atom. The van der Waals surface area contributed by atoms with Gasteiger partial charge in [0.15, 0.2) is 0 Å². The Hall–Kier alpha value is -5.45. The van der Waals surface area contributed by atoms with Crippen molar-refractivity contribution in [2.24, 2.45) is 28.8 Å². The monoisotopic (exact) mass is 911 g/mol. The molecule has 0 saturated heterocycles. The van der Waals surface area contributed by atoms with E-state index in [1.165, 1.54) is 7.11 Å². The molecule has 15 nitrogen and oxygen atoms in total. The number of benzene rings is 3. The first-order chi connectivity index (χ1) is 32.3. The number of nitrogens with one attached hydrogen (secondary N) is 1. The Labute approximate surface area is 387 Å². The number of amides is 2. The second-order valence-electron chi connectivity index (χ2n) is 17.3. The van der Waals surface area contributed by atoms with Crippen molar-refractivity contribution in [1.29, 1.82) is 0 Å². The molecule has 1 aliphatic heterocycles. The zero-order valence-corrected chi connectivity index (χ0v) is 38.1. The number of allylic oxidation sites excluding steroid dienone is 1. The van der Waals surface area contributed by atoms with Crippen molar-refractivity contribution in [2.45, 2.75) is 82.1 Å². The van der Waals surface area contributed by atoms with Gasteiger partial charge in [-0.15, -0.1) is 6.58 Å². The van der Waals surface area contributed by atoms with Crippen molar-refractivity contribution in [3.63, 3.8) is 0 Å². The fraction of sp³-hybridized carbons (Fsp3) is 0.510. The Balaban J connectivity index is 1.38. The van der Waals surface area contributed by atoms with E-state index in [0.717, 1.165) is 55.2 Å². The van der Waals surface area contributed by atoms with E-state index in [9.17, 15) is 24.9 Å². The van der Waals surface area contributed by atoms with Crippen LogP contribution in [0.15, 0.2) is 96.2 Å². The van der Waals surface area contributed by atoms with Crippen LogP contribution >= 0.6 is 0 Å². The predicted molar refractivity (Wildman–Crippen MR) is 248 cm³/mol. The lowest BCUT2D eigenvalue weighted by molar-refractivity contribution is -0.258. The van der Waals surface area contributed by atoms with Gasteiger partial charge in [0.2, 0.25) is 11.7 Å². The average Bonchev–Trinajstić information content (AvgIpc) is 4.19. The number of oxime groups is 1. The van der Waals surface area contributed by atoms with Crippen LogP contribution in [0.2, 0.25) is 0 Å². The van der Waals surface area contributed by atoms with Gasteiger partial charge in [-0.2, -0.15) is 0 Å². The van der Waals surface area contributed by atoms with E-state index in [4.69, 9.17) is 38.4 Å². The number of hydrogen-bond acceptors (Lipinski definition) is 13. The summed E-state index contributed by atoms with van der Waals surface area (Å²) >= 11 is 0. The highest BCUT2D eigenvalue weighted by molar-refractivity contribution is 6.03. The van der Waals surface area contributed by atoms with Crippen LogP contribution in [0.5, 0.6) is 23.0 Å². The quantitative estimate of drug-likeness (QED) is 0.0376. The van der Waals surface area contributed by atoms with Gasteiger partial charge in [0.05, 0.1) is 58.0 Å². The molecular formula is C51H65N3O12. The number of nitrogens with zero attached hydrogens (tertiary/aromatic N) is 2. The molecule has 15 heteroatoms. The molecule has 6 atom stereocenters. The van der Waals surface area contributed by atoms with Gasteiger partial charge in [-0.1, -0.05) is 60.5 Å². The zero-order valence-electron chi connectivity index (χ0n) is 38.1. The number of hydrogen-bond donors (Lipinski definition) is 4. The number of ether oxygens (including phenoxy) is 6. The van der Waals surface area contributed by atoms with E-state index in [1.807, 2.05) is 41.3 Å². The number of anilines is 1. The first-order valence-corrected chi connectivity index (χ1v) is 23.2. The molecule has 356 valence electrons. The number of carbonyl (C=O) groups is 2. The van der Waals surface area contributed by atoms with Gasteiger partial charge in [-0.05, 0) is 91.8 Å². The number of rotatable bonds is 25. The minimum absolute atomic E-state index is 0.00286. The standard InChI is InChI=1S/C51H65N3O12/c1-4-26-63-51-46(54(22-27-62-28-25-57)49(58)35-16-17-35)32-43(53-64-33-34-12-6-5-7-13-34)40-29-36(14-8-10-23-55)39(15-9-11-24-56)47(48(40)51)41-30-38(19-21-44(41)66-51)65-50(59)52-42-20-18-37(60-2)31-45(42)61-3/h4-7,12-13,18-21,29-31,35-36,39,46-48,55-57H,1,8-11,14-17,22-28,32-33H2,2-3H3,(H,52,59). The summed E-state index contributed by atoms with van der Waals surface area (Å²) in [4.78, 5) is 36.3. The summed E-state index contributed by atoms with van der Waals surface area (Å²) in [6.07, 6.45) is 9.27. The number of aliphatic hydroxyl groups is 3. The maximum Gasteiger partial charge on any atom is 0.417 e. The molecular weight excluding hydrogens is 847 g/mol. The van der Waals surface area contributed by atoms with Gasteiger partial charge in [-0.25, -0.2) is 4.79 Å². The van der Waals surface area contributed by atoms with Crippen LogP contribution in [0.1, 0.15) is 74.8 Å². The summed E-state index contributed by atoms with van der Waals surface area (Å²) in [7, 11) is 3.05. The summed E-state index contributed by atoms with van der Waals surface area (Å²) in [5.74, 6) is -0.835. The molecule has 0 radical (unpaired) electrons. The van der Waals surface area contributed by atoms with Gasteiger partial charge in [0.1, 0.15) is 35.6 Å². The molecule has 0 aromatic heterocycles. The molecule has 0 spiro atoms. The minimum Gasteiger partial charge on any atom is -0.497 e. The number of aliphatic hydroxyl groups excluding tert-OH is 3. The third kappa shape index (κ3) is 11.2. The van der Waals surface area contributed by atoms with Gasteiger partial charge in [0, 0.05) is 49.6 Å². The fourth-order valence-corrected chi connectivity index (χ4v) is 9.93. The topological polar surface area (TPSA) is 187 Å². The molecule has 0 bridgehead atoms. The number of fused-ring (bicyclic) bond motifs is 2. The SMILES string of the molecule is C=CCOC12Oc3ccc(OC(=O)Nc4ccc(OC)cc4OC)cc3C3C(CCCCO)C(CCCCO)C=C(C(=NOCc4ccccc4)CC1N(CCOCCO)C(=O)C1CC1)C32. The van der Waals surface area contributed by atoms with Gasteiger partial charge < -0.3 is 53.5 Å². The number of unbranched alkanes of at least 4 members (excludes halogenated alkanes) is 2. The second kappa shape index (κ2) is 23.3.